The van der Waals surface area contributed by atoms with Crippen LogP contribution >= 0.6 is 0 Å². The van der Waals surface area contributed by atoms with E-state index >= 15 is 0 Å². The van der Waals surface area contributed by atoms with Crippen LogP contribution in [0.4, 0.5) is 0 Å². The first kappa shape index (κ1) is 16.5. The van der Waals surface area contributed by atoms with Gasteiger partial charge in [0.15, 0.2) is 11.5 Å². The van der Waals surface area contributed by atoms with Gasteiger partial charge in [-0.25, -0.2) is 4.79 Å². The van der Waals surface area contributed by atoms with Gasteiger partial charge < -0.3 is 14.4 Å². The van der Waals surface area contributed by atoms with E-state index in [-0.39, 0.29) is 12.5 Å². The molecule has 120 valence electrons. The lowest BCUT2D eigenvalue weighted by atomic mass is 10.2. The topological polar surface area (TPSA) is 55.8 Å². The number of benzene rings is 2. The maximum Gasteiger partial charge on any atom is 0.331 e. The van der Waals surface area contributed by atoms with Crippen LogP contribution < -0.4 is 9.47 Å². The van der Waals surface area contributed by atoms with E-state index < -0.39 is 5.97 Å². The molecule has 0 bridgehead atoms. The van der Waals surface area contributed by atoms with E-state index in [1.807, 2.05) is 19.1 Å². The van der Waals surface area contributed by atoms with Gasteiger partial charge in [-0.1, -0.05) is 24.3 Å². The number of esters is 1. The molecule has 0 radical (unpaired) electrons. The predicted molar refractivity (Wildman–Crippen MR) is 86.8 cm³/mol. The molecule has 5 nitrogen and oxygen atoms in total. The zero-order chi connectivity index (χ0) is 16.8. The number of ether oxygens (including phenoxy) is 2. The predicted octanol–water partition coefficient (Wildman–Crippen LogP) is 2.68. The zero-order valence-corrected chi connectivity index (χ0v) is 13.4. The van der Waals surface area contributed by atoms with Gasteiger partial charge in [0.05, 0.1) is 7.11 Å². The smallest absolute Gasteiger partial charge is 0.331 e. The molecule has 5 heteroatoms. The van der Waals surface area contributed by atoms with E-state index in [2.05, 4.69) is 0 Å². The van der Waals surface area contributed by atoms with Crippen LogP contribution in [0.1, 0.15) is 15.9 Å². The summed E-state index contributed by atoms with van der Waals surface area (Å²) in [5, 5.41) is 0. The first-order chi connectivity index (χ1) is 11.0. The lowest BCUT2D eigenvalue weighted by Crippen LogP contribution is -2.34. The summed E-state index contributed by atoms with van der Waals surface area (Å²) >= 11 is 0. The van der Waals surface area contributed by atoms with Gasteiger partial charge in [-0.3, -0.25) is 4.79 Å². The van der Waals surface area contributed by atoms with Crippen LogP contribution in [-0.2, 0) is 4.79 Å². The Kier molecular flexibility index (Phi) is 5.36. The Morgan fingerprint density at radius 3 is 2.39 bits per heavy atom. The Hall–Kier alpha value is -2.82. The summed E-state index contributed by atoms with van der Waals surface area (Å²) in [6, 6.07) is 14.1. The average Bonchev–Trinajstić information content (AvgIpc) is 2.56. The largest absolute Gasteiger partial charge is 0.493 e. The van der Waals surface area contributed by atoms with Crippen molar-refractivity contribution in [3.05, 3.63) is 59.7 Å². The van der Waals surface area contributed by atoms with Crippen molar-refractivity contribution in [3.63, 3.8) is 0 Å². The summed E-state index contributed by atoms with van der Waals surface area (Å²) in [5.41, 5.74) is 1.52. The van der Waals surface area contributed by atoms with Crippen LogP contribution in [0.3, 0.4) is 0 Å². The van der Waals surface area contributed by atoms with Gasteiger partial charge in [0, 0.05) is 12.6 Å². The van der Waals surface area contributed by atoms with Crippen LogP contribution in [0.25, 0.3) is 0 Å². The molecular formula is C18H19NO4. The second-order valence-electron chi connectivity index (χ2n) is 5.16. The highest BCUT2D eigenvalue weighted by Gasteiger charge is 2.17. The third-order valence-electron chi connectivity index (χ3n) is 3.28. The summed E-state index contributed by atoms with van der Waals surface area (Å²) in [6.45, 7) is 1.77. The molecule has 0 spiro atoms. The Morgan fingerprint density at radius 2 is 1.74 bits per heavy atom. The molecule has 0 saturated carbocycles. The molecule has 0 heterocycles. The molecule has 2 aromatic carbocycles. The third-order valence-corrected chi connectivity index (χ3v) is 3.28. The van der Waals surface area contributed by atoms with Gasteiger partial charge in [-0.2, -0.15) is 0 Å². The Labute approximate surface area is 135 Å². The number of hydrogen-bond donors (Lipinski definition) is 0. The molecular weight excluding hydrogens is 294 g/mol. The number of nitrogens with zero attached hydrogens (tertiary/aromatic N) is 1. The highest BCUT2D eigenvalue weighted by atomic mass is 16.6. The molecule has 0 N–H and O–H groups in total. The van der Waals surface area contributed by atoms with Crippen LogP contribution in [0.5, 0.6) is 11.5 Å². The molecule has 0 atom stereocenters. The van der Waals surface area contributed by atoms with Crippen molar-refractivity contribution in [2.45, 2.75) is 6.92 Å². The Bertz CT molecular complexity index is 697. The number of likely N-dealkylation sites (N-methyl/N-ethyl adjacent to an activating group) is 1. The summed E-state index contributed by atoms with van der Waals surface area (Å²) in [6.07, 6.45) is 0. The van der Waals surface area contributed by atoms with Crippen molar-refractivity contribution < 1.29 is 19.1 Å². The molecule has 23 heavy (non-hydrogen) atoms. The van der Waals surface area contributed by atoms with E-state index in [0.29, 0.717) is 17.1 Å². The lowest BCUT2D eigenvalue weighted by Gasteiger charge is -2.17. The average molecular weight is 313 g/mol. The van der Waals surface area contributed by atoms with Gasteiger partial charge in [0.25, 0.3) is 5.91 Å². The standard InChI is InChI=1S/C18H19NO4/c1-13-9-10-15(16(11-13)22-3)23-17(20)12-19(2)18(21)14-7-5-4-6-8-14/h4-11H,12H2,1-3H3. The third kappa shape index (κ3) is 4.32. The van der Waals surface area contributed by atoms with Gasteiger partial charge in [0.2, 0.25) is 0 Å². The fourth-order valence-corrected chi connectivity index (χ4v) is 2.08. The van der Waals surface area contributed by atoms with Gasteiger partial charge in [-0.05, 0) is 36.8 Å². The molecule has 2 aromatic rings. The minimum absolute atomic E-state index is 0.148. The summed E-state index contributed by atoms with van der Waals surface area (Å²) in [7, 11) is 3.07. The zero-order valence-electron chi connectivity index (χ0n) is 13.4. The van der Waals surface area contributed by atoms with Crippen LogP contribution in [0, 0.1) is 6.92 Å². The minimum Gasteiger partial charge on any atom is -0.493 e. The molecule has 0 aliphatic rings. The molecule has 0 aromatic heterocycles. The summed E-state index contributed by atoms with van der Waals surface area (Å²) < 4.78 is 10.5. The highest BCUT2D eigenvalue weighted by Crippen LogP contribution is 2.27. The number of carbonyl (C=O) groups excluding carboxylic acids is 2. The van der Waals surface area contributed by atoms with Crippen LogP contribution in [-0.4, -0.2) is 37.5 Å². The lowest BCUT2D eigenvalue weighted by molar-refractivity contribution is -0.135. The second-order valence-corrected chi connectivity index (χ2v) is 5.16. The quantitative estimate of drug-likeness (QED) is 0.629. The van der Waals surface area contributed by atoms with Crippen molar-refractivity contribution in [1.82, 2.24) is 4.90 Å². The van der Waals surface area contributed by atoms with Crippen LogP contribution in [0.2, 0.25) is 0 Å². The molecule has 1 amide bonds. The maximum atomic E-state index is 12.2. The van der Waals surface area contributed by atoms with Crippen molar-refractivity contribution in [2.75, 3.05) is 20.7 Å². The number of amides is 1. The molecule has 2 rings (SSSR count). The molecule has 0 aliphatic heterocycles. The normalized spacial score (nSPS) is 10.0. The van der Waals surface area contributed by atoms with Crippen molar-refractivity contribution in [1.29, 1.82) is 0 Å². The number of carbonyl (C=O) groups is 2. The minimum atomic E-state index is -0.529. The number of hydrogen-bond acceptors (Lipinski definition) is 4. The number of methoxy groups -OCH3 is 1. The van der Waals surface area contributed by atoms with E-state index in [1.54, 1.807) is 43.4 Å². The SMILES string of the molecule is COc1cc(C)ccc1OC(=O)CN(C)C(=O)c1ccccc1. The highest BCUT2D eigenvalue weighted by molar-refractivity contribution is 5.95. The second kappa shape index (κ2) is 7.45. The van der Waals surface area contributed by atoms with Crippen LogP contribution in [0.15, 0.2) is 48.5 Å². The fraction of sp³-hybridized carbons (Fsp3) is 0.222. The van der Waals surface area contributed by atoms with Gasteiger partial charge in [0.1, 0.15) is 6.54 Å². The first-order valence-corrected chi connectivity index (χ1v) is 7.17. The van der Waals surface area contributed by atoms with Crippen molar-refractivity contribution >= 4 is 11.9 Å². The van der Waals surface area contributed by atoms with E-state index in [1.165, 1.54) is 12.0 Å². The Balaban J connectivity index is 2.01. The molecule has 0 saturated heterocycles. The Morgan fingerprint density at radius 1 is 1.04 bits per heavy atom. The van der Waals surface area contributed by atoms with E-state index in [4.69, 9.17) is 9.47 Å². The van der Waals surface area contributed by atoms with Gasteiger partial charge in [-0.15, -0.1) is 0 Å². The summed E-state index contributed by atoms with van der Waals surface area (Å²) in [5.74, 6) is 0.0522. The summed E-state index contributed by atoms with van der Waals surface area (Å²) in [4.78, 5) is 25.6. The van der Waals surface area contributed by atoms with E-state index in [0.717, 1.165) is 5.56 Å². The van der Waals surface area contributed by atoms with Gasteiger partial charge >= 0.3 is 5.97 Å². The monoisotopic (exact) mass is 313 g/mol. The molecule has 0 unspecified atom stereocenters. The van der Waals surface area contributed by atoms with E-state index in [9.17, 15) is 9.59 Å². The number of aryl methyl sites for hydroxylation is 1. The molecule has 0 fully saturated rings. The van der Waals surface area contributed by atoms with Crippen molar-refractivity contribution in [3.8, 4) is 11.5 Å². The fourth-order valence-electron chi connectivity index (χ4n) is 2.08. The maximum absolute atomic E-state index is 12.2. The number of rotatable bonds is 5. The molecule has 0 aliphatic carbocycles. The van der Waals surface area contributed by atoms with Crippen molar-refractivity contribution in [2.24, 2.45) is 0 Å². The first-order valence-electron chi connectivity index (χ1n) is 7.17.